The number of nitrogens with zero attached hydrogens (tertiary/aromatic N) is 5. The summed E-state index contributed by atoms with van der Waals surface area (Å²) in [6.07, 6.45) is 2.06. The molecule has 0 unspecified atom stereocenters. The van der Waals surface area contributed by atoms with Crippen LogP contribution < -0.4 is 0 Å². The van der Waals surface area contributed by atoms with Crippen LogP contribution in [0.5, 0.6) is 0 Å². The van der Waals surface area contributed by atoms with Gasteiger partial charge < -0.3 is 4.42 Å². The molecule has 0 aliphatic heterocycles. The van der Waals surface area contributed by atoms with Gasteiger partial charge in [0.15, 0.2) is 0 Å². The third-order valence-corrected chi connectivity index (χ3v) is 4.59. The Morgan fingerprint density at radius 1 is 1.00 bits per heavy atom. The lowest BCUT2D eigenvalue weighted by Crippen LogP contribution is -2.17. The van der Waals surface area contributed by atoms with Gasteiger partial charge in [-0.15, -0.1) is 10.2 Å². The molecule has 0 aliphatic rings. The highest BCUT2D eigenvalue weighted by Gasteiger charge is 2.15. The molecular formula is C21H20ClN5O. The highest BCUT2D eigenvalue weighted by Crippen LogP contribution is 2.26. The van der Waals surface area contributed by atoms with Crippen molar-refractivity contribution in [3.63, 3.8) is 0 Å². The zero-order chi connectivity index (χ0) is 19.5. The van der Waals surface area contributed by atoms with E-state index in [2.05, 4.69) is 21.3 Å². The first kappa shape index (κ1) is 18.4. The molecule has 28 heavy (non-hydrogen) atoms. The summed E-state index contributed by atoms with van der Waals surface area (Å²) in [4.78, 5) is 2.12. The zero-order valence-electron chi connectivity index (χ0n) is 15.7. The van der Waals surface area contributed by atoms with Gasteiger partial charge in [0.1, 0.15) is 0 Å². The van der Waals surface area contributed by atoms with Crippen LogP contribution >= 0.6 is 11.6 Å². The Morgan fingerprint density at radius 3 is 2.43 bits per heavy atom. The van der Waals surface area contributed by atoms with Gasteiger partial charge in [-0.25, -0.2) is 4.68 Å². The van der Waals surface area contributed by atoms with Crippen molar-refractivity contribution in [1.29, 1.82) is 0 Å². The third kappa shape index (κ3) is 4.13. The second-order valence-corrected chi connectivity index (χ2v) is 7.11. The average molecular weight is 394 g/mol. The highest BCUT2D eigenvalue weighted by molar-refractivity contribution is 6.30. The molecule has 4 aromatic rings. The third-order valence-electron chi connectivity index (χ3n) is 4.34. The van der Waals surface area contributed by atoms with E-state index in [0.29, 0.717) is 29.9 Å². The lowest BCUT2D eigenvalue weighted by atomic mass is 10.1. The van der Waals surface area contributed by atoms with Crippen LogP contribution in [0.4, 0.5) is 0 Å². The van der Waals surface area contributed by atoms with E-state index >= 15 is 0 Å². The number of para-hydroxylation sites is 1. The number of aromatic nitrogens is 4. The van der Waals surface area contributed by atoms with Gasteiger partial charge in [-0.3, -0.25) is 4.90 Å². The van der Waals surface area contributed by atoms with E-state index in [1.165, 1.54) is 0 Å². The van der Waals surface area contributed by atoms with Gasteiger partial charge in [0.2, 0.25) is 11.8 Å². The molecule has 142 valence electrons. The molecule has 2 aromatic carbocycles. The Labute approximate surface area is 168 Å². The molecule has 0 spiro atoms. The van der Waals surface area contributed by atoms with E-state index in [1.54, 1.807) is 6.92 Å². The molecule has 0 radical (unpaired) electrons. The van der Waals surface area contributed by atoms with Crippen molar-refractivity contribution in [3.05, 3.63) is 83.2 Å². The molecule has 0 saturated heterocycles. The van der Waals surface area contributed by atoms with Crippen molar-refractivity contribution in [2.75, 3.05) is 7.05 Å². The molecule has 6 nitrogen and oxygen atoms in total. The van der Waals surface area contributed by atoms with E-state index in [4.69, 9.17) is 21.1 Å². The molecule has 0 amide bonds. The first-order valence-electron chi connectivity index (χ1n) is 8.96. The summed E-state index contributed by atoms with van der Waals surface area (Å²) in [5.74, 6) is 1.17. The molecule has 0 N–H and O–H groups in total. The largest absolute Gasteiger partial charge is 0.424 e. The van der Waals surface area contributed by atoms with Gasteiger partial charge in [0.05, 0.1) is 17.9 Å². The van der Waals surface area contributed by atoms with E-state index in [1.807, 2.05) is 66.3 Å². The number of rotatable bonds is 6. The fourth-order valence-corrected chi connectivity index (χ4v) is 3.19. The smallest absolute Gasteiger partial charge is 0.230 e. The first-order valence-corrected chi connectivity index (χ1v) is 9.34. The summed E-state index contributed by atoms with van der Waals surface area (Å²) in [5, 5.41) is 13.5. The maximum atomic E-state index is 6.06. The molecule has 7 heteroatoms. The number of aryl methyl sites for hydroxylation is 1. The van der Waals surface area contributed by atoms with Gasteiger partial charge in [-0.1, -0.05) is 41.9 Å². The Morgan fingerprint density at radius 2 is 1.75 bits per heavy atom. The second-order valence-electron chi connectivity index (χ2n) is 6.68. The number of halogens is 1. The summed E-state index contributed by atoms with van der Waals surface area (Å²) in [5.41, 5.74) is 4.06. The predicted octanol–water partition coefficient (Wildman–Crippen LogP) is 4.52. The van der Waals surface area contributed by atoms with E-state index in [-0.39, 0.29) is 0 Å². The molecule has 0 atom stereocenters. The Bertz CT molecular complexity index is 1060. The van der Waals surface area contributed by atoms with E-state index in [9.17, 15) is 0 Å². The topological polar surface area (TPSA) is 60.0 Å². The minimum Gasteiger partial charge on any atom is -0.424 e. The quantitative estimate of drug-likeness (QED) is 0.482. The Balaban J connectivity index is 1.65. The summed E-state index contributed by atoms with van der Waals surface area (Å²) >= 11 is 6.06. The summed E-state index contributed by atoms with van der Waals surface area (Å²) < 4.78 is 7.40. The van der Waals surface area contributed by atoms with Crippen LogP contribution in [0.1, 0.15) is 17.3 Å². The summed E-state index contributed by atoms with van der Waals surface area (Å²) in [6.45, 7) is 3.04. The number of hydrogen-bond acceptors (Lipinski definition) is 5. The normalized spacial score (nSPS) is 11.3. The monoisotopic (exact) mass is 393 g/mol. The second kappa shape index (κ2) is 7.96. The molecule has 0 bridgehead atoms. The molecule has 4 rings (SSSR count). The van der Waals surface area contributed by atoms with Crippen LogP contribution in [0.3, 0.4) is 0 Å². The average Bonchev–Trinajstić information content (AvgIpc) is 3.29. The summed E-state index contributed by atoms with van der Waals surface area (Å²) in [6, 6.07) is 17.8. The van der Waals surface area contributed by atoms with Crippen LogP contribution in [0.2, 0.25) is 5.02 Å². The summed E-state index contributed by atoms with van der Waals surface area (Å²) in [7, 11) is 2.02. The molecule has 0 saturated carbocycles. The first-order chi connectivity index (χ1) is 13.6. The SMILES string of the molecule is Cc1nnc(CN(C)Cc2cn(-c3ccccc3)nc2-c2ccc(Cl)cc2)o1. The van der Waals surface area contributed by atoms with Gasteiger partial charge in [-0.2, -0.15) is 5.10 Å². The van der Waals surface area contributed by atoms with E-state index in [0.717, 1.165) is 22.5 Å². The minimum atomic E-state index is 0.567. The molecule has 2 heterocycles. The van der Waals surface area contributed by atoms with Crippen molar-refractivity contribution in [3.8, 4) is 16.9 Å². The predicted molar refractivity (Wildman–Crippen MR) is 108 cm³/mol. The van der Waals surface area contributed by atoms with Gasteiger partial charge in [0.25, 0.3) is 0 Å². The Hall–Kier alpha value is -2.96. The van der Waals surface area contributed by atoms with Crippen molar-refractivity contribution in [1.82, 2.24) is 24.9 Å². The number of hydrogen-bond donors (Lipinski definition) is 0. The number of benzene rings is 2. The molecular weight excluding hydrogens is 374 g/mol. The van der Waals surface area contributed by atoms with Crippen LogP contribution in [-0.4, -0.2) is 31.9 Å². The fourth-order valence-electron chi connectivity index (χ4n) is 3.07. The maximum absolute atomic E-state index is 6.06. The fraction of sp³-hybridized carbons (Fsp3) is 0.190. The minimum absolute atomic E-state index is 0.567. The van der Waals surface area contributed by atoms with Crippen LogP contribution in [0.25, 0.3) is 16.9 Å². The van der Waals surface area contributed by atoms with Crippen LogP contribution in [0, 0.1) is 6.92 Å². The maximum Gasteiger partial charge on any atom is 0.230 e. The van der Waals surface area contributed by atoms with Crippen molar-refractivity contribution >= 4 is 11.6 Å². The molecule has 2 aromatic heterocycles. The standard InChI is InChI=1S/C21H20ClN5O/c1-15-23-24-20(28-15)14-26(2)12-17-13-27(19-6-4-3-5-7-19)25-21(17)16-8-10-18(22)11-9-16/h3-11,13H,12,14H2,1-2H3. The van der Waals surface area contributed by atoms with Crippen molar-refractivity contribution in [2.45, 2.75) is 20.0 Å². The van der Waals surface area contributed by atoms with Gasteiger partial charge in [0, 0.05) is 35.8 Å². The van der Waals surface area contributed by atoms with Gasteiger partial charge >= 0.3 is 0 Å². The van der Waals surface area contributed by atoms with Crippen LogP contribution in [0.15, 0.2) is 65.2 Å². The lowest BCUT2D eigenvalue weighted by Gasteiger charge is -2.14. The Kier molecular flexibility index (Phi) is 5.23. The van der Waals surface area contributed by atoms with Crippen molar-refractivity contribution in [2.24, 2.45) is 0 Å². The molecule has 0 aliphatic carbocycles. The highest BCUT2D eigenvalue weighted by atomic mass is 35.5. The zero-order valence-corrected chi connectivity index (χ0v) is 16.5. The molecule has 0 fully saturated rings. The van der Waals surface area contributed by atoms with Crippen molar-refractivity contribution < 1.29 is 4.42 Å². The van der Waals surface area contributed by atoms with E-state index < -0.39 is 0 Å². The lowest BCUT2D eigenvalue weighted by molar-refractivity contribution is 0.279. The van der Waals surface area contributed by atoms with Gasteiger partial charge in [-0.05, 0) is 31.3 Å². The van der Waals surface area contributed by atoms with Crippen LogP contribution in [-0.2, 0) is 13.1 Å².